The number of aryl methyl sites for hydroxylation is 4. The van der Waals surface area contributed by atoms with Crippen LogP contribution in [0.3, 0.4) is 0 Å². The van der Waals surface area contributed by atoms with Crippen molar-refractivity contribution in [3.63, 3.8) is 0 Å². The highest BCUT2D eigenvalue weighted by molar-refractivity contribution is 7.01. The van der Waals surface area contributed by atoms with Gasteiger partial charge in [-0.25, -0.2) is 4.57 Å². The lowest BCUT2D eigenvalue weighted by molar-refractivity contribution is -0.660. The van der Waals surface area contributed by atoms with Crippen LogP contribution in [-0.2, 0) is 7.05 Å². The molecule has 0 unspecified atom stereocenters. The lowest BCUT2D eigenvalue weighted by atomic mass is 10.0. The molecule has 4 rings (SSSR count). The number of rotatable bonds is 1. The summed E-state index contributed by atoms with van der Waals surface area (Å²) in [5.74, 6) is 2.06. The molecule has 3 heteroatoms. The second-order valence-electron chi connectivity index (χ2n) is 8.02. The third kappa shape index (κ3) is 2.50. The highest BCUT2D eigenvalue weighted by atomic mass is 28.3. The molecule has 1 aromatic heterocycles. The van der Waals surface area contributed by atoms with Crippen LogP contribution in [-0.4, -0.2) is 8.07 Å². The Labute approximate surface area is 157 Å². The van der Waals surface area contributed by atoms with Crippen molar-refractivity contribution in [1.82, 2.24) is 0 Å². The fourth-order valence-electron chi connectivity index (χ4n) is 4.02. The van der Waals surface area contributed by atoms with Gasteiger partial charge in [-0.15, -0.1) is 0 Å². The molecule has 0 N–H and O–H groups in total. The second-order valence-corrected chi connectivity index (χ2v) is 12.3. The Morgan fingerprint density at radius 1 is 0.808 bits per heavy atom. The molecule has 2 nitrogen and oxygen atoms in total. The van der Waals surface area contributed by atoms with Gasteiger partial charge in [0, 0.05) is 17.2 Å². The van der Waals surface area contributed by atoms with Crippen molar-refractivity contribution in [2.24, 2.45) is 7.05 Å². The van der Waals surface area contributed by atoms with Crippen LogP contribution in [0.1, 0.15) is 16.7 Å². The molecule has 0 aliphatic carbocycles. The van der Waals surface area contributed by atoms with Gasteiger partial charge < -0.3 is 4.74 Å². The van der Waals surface area contributed by atoms with E-state index in [0.717, 1.165) is 11.5 Å². The van der Waals surface area contributed by atoms with Crippen LogP contribution in [0.2, 0.25) is 13.1 Å². The first-order chi connectivity index (χ1) is 12.3. The summed E-state index contributed by atoms with van der Waals surface area (Å²) in [6.45, 7) is 11.4. The molecule has 2 heterocycles. The average molecular weight is 361 g/mol. The molecule has 0 fully saturated rings. The van der Waals surface area contributed by atoms with Crippen molar-refractivity contribution >= 4 is 18.4 Å². The van der Waals surface area contributed by atoms with Crippen LogP contribution in [0.15, 0.2) is 48.7 Å². The standard InChI is InChI=1S/C23H26NOSi/c1-15-11-19(24(4)14-17(15)3)18-13-23-21(12-16(18)2)25-20-9-7-8-10-22(20)26(23,5)6/h7-14H,1-6H3/q+1. The van der Waals surface area contributed by atoms with Gasteiger partial charge in [0.15, 0.2) is 6.20 Å². The van der Waals surface area contributed by atoms with Crippen LogP contribution < -0.4 is 19.7 Å². The smallest absolute Gasteiger partial charge is 0.212 e. The Hall–Kier alpha value is -2.39. The van der Waals surface area contributed by atoms with Gasteiger partial charge in [0.2, 0.25) is 5.69 Å². The Kier molecular flexibility index (Phi) is 3.81. The minimum atomic E-state index is -1.80. The number of aromatic nitrogens is 1. The maximum atomic E-state index is 6.29. The van der Waals surface area contributed by atoms with Crippen LogP contribution in [0, 0.1) is 20.8 Å². The molecule has 26 heavy (non-hydrogen) atoms. The van der Waals surface area contributed by atoms with Gasteiger partial charge in [-0.05, 0) is 60.5 Å². The molecule has 0 saturated carbocycles. The average Bonchev–Trinajstić information content (AvgIpc) is 2.58. The lowest BCUT2D eigenvalue weighted by Gasteiger charge is -2.33. The highest BCUT2D eigenvalue weighted by Gasteiger charge is 2.37. The zero-order valence-corrected chi connectivity index (χ0v) is 17.5. The van der Waals surface area contributed by atoms with E-state index in [-0.39, 0.29) is 0 Å². The number of benzene rings is 2. The maximum Gasteiger partial charge on any atom is 0.212 e. The molecular weight excluding hydrogens is 334 g/mol. The minimum Gasteiger partial charge on any atom is -0.458 e. The van der Waals surface area contributed by atoms with Crippen molar-refractivity contribution in [3.8, 4) is 22.8 Å². The van der Waals surface area contributed by atoms with E-state index in [4.69, 9.17) is 4.74 Å². The molecule has 0 saturated heterocycles. The van der Waals surface area contributed by atoms with E-state index in [1.54, 1.807) is 0 Å². The van der Waals surface area contributed by atoms with Crippen molar-refractivity contribution in [1.29, 1.82) is 0 Å². The monoisotopic (exact) mass is 360 g/mol. The first-order valence-electron chi connectivity index (χ1n) is 9.19. The number of hydrogen-bond acceptors (Lipinski definition) is 1. The Morgan fingerprint density at radius 2 is 1.54 bits per heavy atom. The van der Waals surface area contributed by atoms with Crippen molar-refractivity contribution < 1.29 is 9.30 Å². The van der Waals surface area contributed by atoms with Gasteiger partial charge in [-0.1, -0.05) is 31.3 Å². The van der Waals surface area contributed by atoms with E-state index >= 15 is 0 Å². The second kappa shape index (κ2) is 5.81. The SMILES string of the molecule is Cc1cc(-c2cc3c(cc2C)Oc2ccccc2[Si]3(C)C)[n+](C)cc1C. The first-order valence-corrected chi connectivity index (χ1v) is 12.2. The maximum absolute atomic E-state index is 6.29. The van der Waals surface area contributed by atoms with Gasteiger partial charge >= 0.3 is 0 Å². The molecule has 0 amide bonds. The molecule has 1 aliphatic rings. The Balaban J connectivity index is 1.94. The number of nitrogens with zero attached hydrogens (tertiary/aromatic N) is 1. The van der Waals surface area contributed by atoms with Crippen LogP contribution in [0.25, 0.3) is 11.3 Å². The quantitative estimate of drug-likeness (QED) is 0.472. The zero-order valence-electron chi connectivity index (χ0n) is 16.5. The summed E-state index contributed by atoms with van der Waals surface area (Å²) in [6, 6.07) is 15.4. The molecule has 1 aliphatic heterocycles. The lowest BCUT2D eigenvalue weighted by Crippen LogP contribution is -2.56. The topological polar surface area (TPSA) is 13.1 Å². The molecule has 0 atom stereocenters. The number of hydrogen-bond donors (Lipinski definition) is 0. The summed E-state index contributed by atoms with van der Waals surface area (Å²) in [6.07, 6.45) is 2.22. The number of pyridine rings is 1. The van der Waals surface area contributed by atoms with Gasteiger partial charge in [0.05, 0.1) is 0 Å². The third-order valence-corrected chi connectivity index (χ3v) is 9.30. The van der Waals surface area contributed by atoms with E-state index in [0.29, 0.717) is 0 Å². The summed E-state index contributed by atoms with van der Waals surface area (Å²) >= 11 is 0. The molecule has 0 spiro atoms. The van der Waals surface area contributed by atoms with Gasteiger partial charge in [-0.2, -0.15) is 0 Å². The summed E-state index contributed by atoms with van der Waals surface area (Å²) in [5.41, 5.74) is 6.47. The summed E-state index contributed by atoms with van der Waals surface area (Å²) < 4.78 is 8.53. The summed E-state index contributed by atoms with van der Waals surface area (Å²) in [4.78, 5) is 0. The molecule has 2 aromatic carbocycles. The van der Waals surface area contributed by atoms with E-state index < -0.39 is 8.07 Å². The number of ether oxygens (including phenoxy) is 1. The van der Waals surface area contributed by atoms with Crippen LogP contribution >= 0.6 is 0 Å². The number of fused-ring (bicyclic) bond motifs is 2. The summed E-state index contributed by atoms with van der Waals surface area (Å²) in [5, 5.41) is 2.77. The normalized spacial score (nSPS) is 14.4. The fourth-order valence-corrected chi connectivity index (χ4v) is 6.81. The minimum absolute atomic E-state index is 1.03. The Morgan fingerprint density at radius 3 is 2.31 bits per heavy atom. The highest BCUT2D eigenvalue weighted by Crippen LogP contribution is 2.33. The molecule has 0 radical (unpaired) electrons. The van der Waals surface area contributed by atoms with E-state index in [2.05, 4.69) is 94.1 Å². The Bertz CT molecular complexity index is 1040. The third-order valence-electron chi connectivity index (χ3n) is 5.80. The molecular formula is C23H26NOSi+. The van der Waals surface area contributed by atoms with Crippen molar-refractivity contribution in [3.05, 3.63) is 65.4 Å². The zero-order chi connectivity index (χ0) is 18.6. The van der Waals surface area contributed by atoms with Crippen LogP contribution in [0.4, 0.5) is 0 Å². The van der Waals surface area contributed by atoms with E-state index in [9.17, 15) is 0 Å². The summed E-state index contributed by atoms with van der Waals surface area (Å²) in [7, 11) is 0.339. The fraction of sp³-hybridized carbons (Fsp3) is 0.261. The molecule has 0 bridgehead atoms. The largest absolute Gasteiger partial charge is 0.458 e. The predicted octanol–water partition coefficient (Wildman–Crippen LogP) is 4.03. The van der Waals surface area contributed by atoms with Crippen LogP contribution in [0.5, 0.6) is 11.5 Å². The van der Waals surface area contributed by atoms with Gasteiger partial charge in [0.1, 0.15) is 26.6 Å². The molecule has 3 aromatic rings. The predicted molar refractivity (Wildman–Crippen MR) is 111 cm³/mol. The van der Waals surface area contributed by atoms with E-state index in [1.165, 1.54) is 38.3 Å². The van der Waals surface area contributed by atoms with Gasteiger partial charge in [-0.3, -0.25) is 0 Å². The van der Waals surface area contributed by atoms with E-state index in [1.807, 2.05) is 0 Å². The van der Waals surface area contributed by atoms with Crippen molar-refractivity contribution in [2.75, 3.05) is 0 Å². The van der Waals surface area contributed by atoms with Crippen molar-refractivity contribution in [2.45, 2.75) is 33.9 Å². The molecule has 132 valence electrons. The first kappa shape index (κ1) is 17.0. The van der Waals surface area contributed by atoms with Gasteiger partial charge in [0.25, 0.3) is 0 Å². The number of para-hydroxylation sites is 1.